The Morgan fingerprint density at radius 2 is 1.46 bits per heavy atom. The van der Waals surface area contributed by atoms with Gasteiger partial charge in [-0.15, -0.1) is 0 Å². The van der Waals surface area contributed by atoms with Crippen LogP contribution < -0.4 is 18.9 Å². The normalized spacial score (nSPS) is 10.7. The van der Waals surface area contributed by atoms with Crippen molar-refractivity contribution < 1.29 is 18.9 Å². The zero-order valence-corrected chi connectivity index (χ0v) is 14.1. The third-order valence-electron chi connectivity index (χ3n) is 3.57. The average molecular weight is 325 g/mol. The van der Waals surface area contributed by atoms with E-state index in [-0.39, 0.29) is 0 Å². The minimum Gasteiger partial charge on any atom is -0.497 e. The number of nitrogens with zero attached hydrogens (tertiary/aromatic N) is 1. The van der Waals surface area contributed by atoms with E-state index >= 15 is 0 Å². The predicted molar refractivity (Wildman–Crippen MR) is 91.8 cm³/mol. The Morgan fingerprint density at radius 3 is 1.96 bits per heavy atom. The topological polar surface area (TPSA) is 60.7 Å². The van der Waals surface area contributed by atoms with Gasteiger partial charge < -0.3 is 18.9 Å². The molecule has 0 heterocycles. The molecule has 5 nitrogen and oxygen atoms in total. The maximum atomic E-state index is 9.22. The molecule has 2 aromatic rings. The first-order valence-electron chi connectivity index (χ1n) is 7.22. The third kappa shape index (κ3) is 3.61. The summed E-state index contributed by atoms with van der Waals surface area (Å²) >= 11 is 0. The molecular formula is C19H19NO4. The number of nitriles is 1. The lowest BCUT2D eigenvalue weighted by atomic mass is 9.96. The van der Waals surface area contributed by atoms with E-state index in [1.54, 1.807) is 40.6 Å². The smallest absolute Gasteiger partial charge is 0.130 e. The Balaban J connectivity index is 2.64. The van der Waals surface area contributed by atoms with E-state index in [0.717, 1.165) is 11.1 Å². The third-order valence-corrected chi connectivity index (χ3v) is 3.57. The minimum atomic E-state index is 0.609. The Hall–Kier alpha value is -3.13. The van der Waals surface area contributed by atoms with Gasteiger partial charge in [0, 0.05) is 29.3 Å². The summed E-state index contributed by atoms with van der Waals surface area (Å²) in [6, 6.07) is 13.0. The van der Waals surface area contributed by atoms with Crippen LogP contribution >= 0.6 is 0 Å². The first-order chi connectivity index (χ1) is 11.7. The average Bonchev–Trinajstić information content (AvgIpc) is 2.65. The highest BCUT2D eigenvalue weighted by Crippen LogP contribution is 2.36. The van der Waals surface area contributed by atoms with Crippen LogP contribution in [0.25, 0.3) is 5.57 Å². The first kappa shape index (κ1) is 17.2. The molecule has 5 heteroatoms. The van der Waals surface area contributed by atoms with Gasteiger partial charge in [-0.2, -0.15) is 5.26 Å². The fraction of sp³-hybridized carbons (Fsp3) is 0.211. The zero-order valence-electron chi connectivity index (χ0n) is 14.1. The van der Waals surface area contributed by atoms with Crippen molar-refractivity contribution >= 4 is 5.57 Å². The Morgan fingerprint density at radius 1 is 0.833 bits per heavy atom. The minimum absolute atomic E-state index is 0.609. The van der Waals surface area contributed by atoms with Crippen LogP contribution in [-0.2, 0) is 0 Å². The fourth-order valence-electron chi connectivity index (χ4n) is 2.37. The van der Waals surface area contributed by atoms with E-state index in [0.29, 0.717) is 28.6 Å². The number of allylic oxidation sites excluding steroid dienone is 1. The van der Waals surface area contributed by atoms with E-state index in [2.05, 4.69) is 6.07 Å². The largest absolute Gasteiger partial charge is 0.497 e. The molecular weight excluding hydrogens is 306 g/mol. The van der Waals surface area contributed by atoms with Crippen LogP contribution in [0.1, 0.15) is 11.1 Å². The molecule has 2 rings (SSSR count). The molecule has 24 heavy (non-hydrogen) atoms. The summed E-state index contributed by atoms with van der Waals surface area (Å²) in [6.45, 7) is 0. The molecule has 0 radical (unpaired) electrons. The molecule has 0 amide bonds. The van der Waals surface area contributed by atoms with Crippen molar-refractivity contribution in [3.63, 3.8) is 0 Å². The highest BCUT2D eigenvalue weighted by Gasteiger charge is 2.14. The monoisotopic (exact) mass is 325 g/mol. The Kier molecular flexibility index (Phi) is 5.69. The molecule has 0 atom stereocenters. The number of benzene rings is 2. The molecule has 0 aliphatic carbocycles. The number of hydrogen-bond acceptors (Lipinski definition) is 5. The maximum Gasteiger partial charge on any atom is 0.130 e. The predicted octanol–water partition coefficient (Wildman–Crippen LogP) is 3.68. The van der Waals surface area contributed by atoms with E-state index < -0.39 is 0 Å². The highest BCUT2D eigenvalue weighted by atomic mass is 16.5. The van der Waals surface area contributed by atoms with Gasteiger partial charge in [-0.25, -0.2) is 0 Å². The molecule has 0 spiro atoms. The van der Waals surface area contributed by atoms with E-state index in [4.69, 9.17) is 18.9 Å². The van der Waals surface area contributed by atoms with Gasteiger partial charge in [0.15, 0.2) is 0 Å². The van der Waals surface area contributed by atoms with E-state index in [1.807, 2.05) is 24.3 Å². The lowest BCUT2D eigenvalue weighted by Gasteiger charge is -2.15. The zero-order chi connectivity index (χ0) is 17.5. The van der Waals surface area contributed by atoms with Crippen LogP contribution in [0, 0.1) is 11.3 Å². The van der Waals surface area contributed by atoms with Gasteiger partial charge in [-0.3, -0.25) is 0 Å². The number of hydrogen-bond donors (Lipinski definition) is 0. The summed E-state index contributed by atoms with van der Waals surface area (Å²) in [5, 5.41) is 9.22. The van der Waals surface area contributed by atoms with Crippen molar-refractivity contribution in [2.45, 2.75) is 0 Å². The van der Waals surface area contributed by atoms with Crippen molar-refractivity contribution in [3.05, 3.63) is 53.6 Å². The van der Waals surface area contributed by atoms with Gasteiger partial charge in [0.2, 0.25) is 0 Å². The molecule has 124 valence electrons. The van der Waals surface area contributed by atoms with Crippen LogP contribution in [0.4, 0.5) is 0 Å². The van der Waals surface area contributed by atoms with Crippen LogP contribution in [0.2, 0.25) is 0 Å². The second-order valence-electron chi connectivity index (χ2n) is 4.85. The Bertz CT molecular complexity index is 768. The Labute approximate surface area is 141 Å². The second-order valence-corrected chi connectivity index (χ2v) is 4.85. The van der Waals surface area contributed by atoms with Crippen LogP contribution in [-0.4, -0.2) is 28.4 Å². The number of rotatable bonds is 6. The van der Waals surface area contributed by atoms with Gasteiger partial charge in [-0.05, 0) is 29.8 Å². The van der Waals surface area contributed by atoms with Gasteiger partial charge in [0.05, 0.1) is 34.5 Å². The first-order valence-corrected chi connectivity index (χ1v) is 7.22. The van der Waals surface area contributed by atoms with E-state index in [9.17, 15) is 5.26 Å². The van der Waals surface area contributed by atoms with Crippen molar-refractivity contribution in [1.29, 1.82) is 5.26 Å². The number of ether oxygens (including phenoxy) is 4. The molecule has 0 unspecified atom stereocenters. The van der Waals surface area contributed by atoms with Crippen molar-refractivity contribution in [3.8, 4) is 29.1 Å². The van der Waals surface area contributed by atoms with Crippen LogP contribution in [0.3, 0.4) is 0 Å². The molecule has 0 saturated heterocycles. The molecule has 0 aromatic heterocycles. The lowest BCUT2D eigenvalue weighted by molar-refractivity contribution is 0.392. The van der Waals surface area contributed by atoms with E-state index in [1.165, 1.54) is 6.08 Å². The number of methoxy groups -OCH3 is 4. The standard InChI is InChI=1S/C19H19NO4/c1-21-14-5-6-18(19(12-14)24-4)17(7-8-20)13-9-15(22-2)11-16(10-13)23-3/h5-7,9-12H,1-4H3. The summed E-state index contributed by atoms with van der Waals surface area (Å²) in [5.74, 6) is 2.56. The van der Waals surface area contributed by atoms with Crippen LogP contribution in [0.15, 0.2) is 42.5 Å². The summed E-state index contributed by atoms with van der Waals surface area (Å²) < 4.78 is 21.3. The lowest BCUT2D eigenvalue weighted by Crippen LogP contribution is -1.96. The molecule has 0 bridgehead atoms. The van der Waals surface area contributed by atoms with Crippen molar-refractivity contribution in [2.75, 3.05) is 28.4 Å². The van der Waals surface area contributed by atoms with Gasteiger partial charge in [-0.1, -0.05) is 0 Å². The van der Waals surface area contributed by atoms with Crippen molar-refractivity contribution in [1.82, 2.24) is 0 Å². The van der Waals surface area contributed by atoms with Gasteiger partial charge in [0.25, 0.3) is 0 Å². The summed E-state index contributed by atoms with van der Waals surface area (Å²) in [6.07, 6.45) is 1.47. The molecule has 0 N–H and O–H groups in total. The molecule has 0 saturated carbocycles. The van der Waals surface area contributed by atoms with Gasteiger partial charge >= 0.3 is 0 Å². The quantitative estimate of drug-likeness (QED) is 0.758. The highest BCUT2D eigenvalue weighted by molar-refractivity contribution is 5.85. The summed E-state index contributed by atoms with van der Waals surface area (Å²) in [7, 11) is 6.34. The van der Waals surface area contributed by atoms with Crippen molar-refractivity contribution in [2.24, 2.45) is 0 Å². The molecule has 0 fully saturated rings. The van der Waals surface area contributed by atoms with Crippen LogP contribution in [0.5, 0.6) is 23.0 Å². The summed E-state index contributed by atoms with van der Waals surface area (Å²) in [4.78, 5) is 0. The SMILES string of the molecule is COc1cc(OC)cc(C(=CC#N)c2ccc(OC)cc2OC)c1. The molecule has 0 aliphatic rings. The summed E-state index contributed by atoms with van der Waals surface area (Å²) in [5.41, 5.74) is 2.26. The maximum absolute atomic E-state index is 9.22. The van der Waals surface area contributed by atoms with Gasteiger partial charge in [0.1, 0.15) is 23.0 Å². The fourth-order valence-corrected chi connectivity index (χ4v) is 2.37. The second kappa shape index (κ2) is 7.93. The molecule has 0 aliphatic heterocycles. The molecule has 2 aromatic carbocycles.